The normalized spacial score (nSPS) is 17.2. The number of rotatable bonds is 5. The number of sulfonamides is 1. The third-order valence-corrected chi connectivity index (χ3v) is 7.55. The number of halogens is 4. The zero-order chi connectivity index (χ0) is 23.7. The van der Waals surface area contributed by atoms with Crippen LogP contribution in [-0.4, -0.2) is 55.8 Å². The Bertz CT molecular complexity index is 1080. The number of nitrogens with zero attached hydrogens (tertiary/aromatic N) is 2. The van der Waals surface area contributed by atoms with Crippen molar-refractivity contribution in [2.24, 2.45) is 0 Å². The van der Waals surface area contributed by atoms with Gasteiger partial charge in [0.15, 0.2) is 0 Å². The lowest BCUT2D eigenvalue weighted by atomic mass is 10.1. The lowest BCUT2D eigenvalue weighted by Gasteiger charge is -2.36. The van der Waals surface area contributed by atoms with Crippen LogP contribution in [0.15, 0.2) is 47.4 Å². The van der Waals surface area contributed by atoms with E-state index in [1.165, 1.54) is 10.4 Å². The first-order chi connectivity index (χ1) is 14.9. The maximum Gasteiger partial charge on any atom is 0.418 e. The van der Waals surface area contributed by atoms with Gasteiger partial charge < -0.3 is 5.32 Å². The van der Waals surface area contributed by atoms with E-state index in [1.807, 2.05) is 6.92 Å². The Morgan fingerprint density at radius 1 is 1.06 bits per heavy atom. The third kappa shape index (κ3) is 5.43. The molecule has 1 fully saturated rings. The Morgan fingerprint density at radius 2 is 1.66 bits per heavy atom. The topological polar surface area (TPSA) is 69.7 Å². The van der Waals surface area contributed by atoms with Gasteiger partial charge in [-0.3, -0.25) is 9.69 Å². The standard InChI is InChI=1S/C21H23ClF3N3O3S/c1-14-3-6-17(7-4-14)32(30,31)28-11-9-27(10-12-28)15(2)20(29)26-19-8-5-16(22)13-18(19)21(23,24)25/h3-8,13,15H,9-12H2,1-2H3,(H,26,29). The minimum atomic E-state index is -4.67. The summed E-state index contributed by atoms with van der Waals surface area (Å²) in [4.78, 5) is 14.6. The molecule has 0 aromatic heterocycles. The van der Waals surface area contributed by atoms with Crippen LogP contribution in [0, 0.1) is 6.92 Å². The van der Waals surface area contributed by atoms with E-state index in [4.69, 9.17) is 11.6 Å². The summed E-state index contributed by atoms with van der Waals surface area (Å²) >= 11 is 5.67. The van der Waals surface area contributed by atoms with Gasteiger partial charge >= 0.3 is 6.18 Å². The average molecular weight is 490 g/mol. The number of piperazine rings is 1. The van der Waals surface area contributed by atoms with Gasteiger partial charge in [0, 0.05) is 31.2 Å². The van der Waals surface area contributed by atoms with E-state index in [-0.39, 0.29) is 41.8 Å². The van der Waals surface area contributed by atoms with Gasteiger partial charge in [0.2, 0.25) is 15.9 Å². The number of anilines is 1. The summed E-state index contributed by atoms with van der Waals surface area (Å²) in [6.07, 6.45) is -4.67. The maximum atomic E-state index is 13.3. The van der Waals surface area contributed by atoms with Crippen molar-refractivity contribution in [3.05, 3.63) is 58.6 Å². The van der Waals surface area contributed by atoms with Gasteiger partial charge in [-0.1, -0.05) is 29.3 Å². The summed E-state index contributed by atoms with van der Waals surface area (Å²) in [7, 11) is -3.65. The van der Waals surface area contributed by atoms with Crippen LogP contribution in [-0.2, 0) is 21.0 Å². The number of hydrogen-bond donors (Lipinski definition) is 1. The van der Waals surface area contributed by atoms with Crippen LogP contribution in [0.3, 0.4) is 0 Å². The number of alkyl halides is 3. The van der Waals surface area contributed by atoms with Gasteiger partial charge in [-0.2, -0.15) is 17.5 Å². The van der Waals surface area contributed by atoms with Crippen LogP contribution in [0.4, 0.5) is 18.9 Å². The molecule has 0 aliphatic carbocycles. The van der Waals surface area contributed by atoms with Gasteiger partial charge in [0.1, 0.15) is 0 Å². The van der Waals surface area contributed by atoms with Gasteiger partial charge in [-0.15, -0.1) is 0 Å². The predicted molar refractivity (Wildman–Crippen MR) is 116 cm³/mol. The molecule has 0 bridgehead atoms. The molecular formula is C21H23ClF3N3O3S. The first kappa shape index (κ1) is 24.5. The number of aryl methyl sites for hydroxylation is 1. The fraction of sp³-hybridized carbons (Fsp3) is 0.381. The molecule has 2 aromatic carbocycles. The summed E-state index contributed by atoms with van der Waals surface area (Å²) in [5.74, 6) is -0.618. The molecule has 3 rings (SSSR count). The molecule has 1 amide bonds. The largest absolute Gasteiger partial charge is 0.418 e. The second kappa shape index (κ2) is 9.38. The molecule has 11 heteroatoms. The van der Waals surface area contributed by atoms with Crippen molar-refractivity contribution in [3.8, 4) is 0 Å². The van der Waals surface area contributed by atoms with Crippen molar-refractivity contribution in [3.63, 3.8) is 0 Å². The summed E-state index contributed by atoms with van der Waals surface area (Å²) in [6.45, 7) is 4.32. The molecule has 0 saturated carbocycles. The second-order valence-electron chi connectivity index (χ2n) is 7.61. The highest BCUT2D eigenvalue weighted by atomic mass is 35.5. The van der Waals surface area contributed by atoms with Crippen LogP contribution in [0.25, 0.3) is 0 Å². The fourth-order valence-electron chi connectivity index (χ4n) is 3.45. The molecule has 6 nitrogen and oxygen atoms in total. The zero-order valence-corrected chi connectivity index (χ0v) is 19.1. The lowest BCUT2D eigenvalue weighted by molar-refractivity contribution is -0.137. The van der Waals surface area contributed by atoms with Crippen molar-refractivity contribution in [1.82, 2.24) is 9.21 Å². The summed E-state index contributed by atoms with van der Waals surface area (Å²) in [5.41, 5.74) is -0.457. The molecule has 32 heavy (non-hydrogen) atoms. The first-order valence-corrected chi connectivity index (χ1v) is 11.7. The van der Waals surface area contributed by atoms with Crippen molar-refractivity contribution in [1.29, 1.82) is 0 Å². The van der Waals surface area contributed by atoms with Crippen LogP contribution in [0.1, 0.15) is 18.1 Å². The van der Waals surface area contributed by atoms with E-state index >= 15 is 0 Å². The minimum Gasteiger partial charge on any atom is -0.324 e. The first-order valence-electron chi connectivity index (χ1n) is 9.88. The van der Waals surface area contributed by atoms with E-state index in [0.29, 0.717) is 0 Å². The predicted octanol–water partition coefficient (Wildman–Crippen LogP) is 4.00. The molecular weight excluding hydrogens is 467 g/mol. The number of amides is 1. The quantitative estimate of drug-likeness (QED) is 0.689. The van der Waals surface area contributed by atoms with E-state index in [9.17, 15) is 26.4 Å². The SMILES string of the molecule is Cc1ccc(S(=O)(=O)N2CCN(C(C)C(=O)Nc3ccc(Cl)cc3C(F)(F)F)CC2)cc1. The molecule has 174 valence electrons. The Kier molecular flexibility index (Phi) is 7.18. The number of carbonyl (C=O) groups is 1. The second-order valence-corrected chi connectivity index (χ2v) is 9.98. The van der Waals surface area contributed by atoms with Gasteiger partial charge in [0.25, 0.3) is 0 Å². The fourth-order valence-corrected chi connectivity index (χ4v) is 5.05. The average Bonchev–Trinajstić information content (AvgIpc) is 2.74. The molecule has 1 heterocycles. The molecule has 1 aliphatic heterocycles. The van der Waals surface area contributed by atoms with Crippen molar-refractivity contribution >= 4 is 33.2 Å². The highest BCUT2D eigenvalue weighted by Gasteiger charge is 2.36. The van der Waals surface area contributed by atoms with Crippen LogP contribution in [0.5, 0.6) is 0 Å². The molecule has 1 unspecified atom stereocenters. The Labute approximate surface area is 190 Å². The van der Waals surface area contributed by atoms with Gasteiger partial charge in [0.05, 0.1) is 22.2 Å². The van der Waals surface area contributed by atoms with Crippen LogP contribution in [0.2, 0.25) is 5.02 Å². The summed E-state index contributed by atoms with van der Waals surface area (Å²) in [6, 6.07) is 8.94. The molecule has 1 saturated heterocycles. The number of nitrogens with one attached hydrogen (secondary N) is 1. The zero-order valence-electron chi connectivity index (χ0n) is 17.5. The van der Waals surface area contributed by atoms with Crippen LogP contribution < -0.4 is 5.32 Å². The van der Waals surface area contributed by atoms with Gasteiger partial charge in [-0.05, 0) is 44.2 Å². The van der Waals surface area contributed by atoms with Gasteiger partial charge in [-0.25, -0.2) is 8.42 Å². The van der Waals surface area contributed by atoms with Crippen molar-refractivity contribution in [2.75, 3.05) is 31.5 Å². The van der Waals surface area contributed by atoms with E-state index in [2.05, 4.69) is 5.32 Å². The maximum absolute atomic E-state index is 13.3. The van der Waals surface area contributed by atoms with E-state index in [0.717, 1.165) is 17.7 Å². The monoisotopic (exact) mass is 489 g/mol. The summed E-state index contributed by atoms with van der Waals surface area (Å²) in [5, 5.41) is 2.23. The Morgan fingerprint density at radius 3 is 2.22 bits per heavy atom. The number of carbonyl (C=O) groups excluding carboxylic acids is 1. The highest BCUT2D eigenvalue weighted by molar-refractivity contribution is 7.89. The van der Waals surface area contributed by atoms with Crippen molar-refractivity contribution < 1.29 is 26.4 Å². The molecule has 2 aromatic rings. The lowest BCUT2D eigenvalue weighted by Crippen LogP contribution is -2.53. The number of hydrogen-bond acceptors (Lipinski definition) is 4. The molecule has 1 atom stereocenters. The Hall–Kier alpha value is -2.14. The minimum absolute atomic E-state index is 0.0886. The molecule has 1 aliphatic rings. The molecule has 0 spiro atoms. The Balaban J connectivity index is 1.65. The highest BCUT2D eigenvalue weighted by Crippen LogP contribution is 2.36. The summed E-state index contributed by atoms with van der Waals surface area (Å²) < 4.78 is 66.8. The van der Waals surface area contributed by atoms with E-state index in [1.54, 1.807) is 36.1 Å². The smallest absolute Gasteiger partial charge is 0.324 e. The van der Waals surface area contributed by atoms with Crippen molar-refractivity contribution in [2.45, 2.75) is 31.0 Å². The molecule has 0 radical (unpaired) electrons. The molecule has 1 N–H and O–H groups in total. The third-order valence-electron chi connectivity index (χ3n) is 5.40. The number of benzene rings is 2. The van der Waals surface area contributed by atoms with Crippen LogP contribution >= 0.6 is 11.6 Å². The van der Waals surface area contributed by atoms with E-state index < -0.39 is 33.7 Å².